The molecule has 1 nitrogen and oxygen atoms in total. The van der Waals surface area contributed by atoms with Gasteiger partial charge in [-0.25, -0.2) is 0 Å². The van der Waals surface area contributed by atoms with E-state index in [1.54, 1.807) is 18.0 Å². The highest BCUT2D eigenvalue weighted by Gasteiger charge is 2.06. The van der Waals surface area contributed by atoms with Crippen LogP contribution in [0.25, 0.3) is 10.9 Å². The molecule has 0 saturated heterocycles. The van der Waals surface area contributed by atoms with Gasteiger partial charge in [0.25, 0.3) is 0 Å². The summed E-state index contributed by atoms with van der Waals surface area (Å²) >= 11 is 7.89. The van der Waals surface area contributed by atoms with Gasteiger partial charge in [0.1, 0.15) is 0 Å². The molecule has 3 rings (SSSR count). The molecule has 0 aliphatic heterocycles. The fourth-order valence-corrected chi connectivity index (χ4v) is 2.98. The van der Waals surface area contributed by atoms with E-state index < -0.39 is 0 Å². The van der Waals surface area contributed by atoms with Crippen molar-refractivity contribution in [1.29, 1.82) is 0 Å². The summed E-state index contributed by atoms with van der Waals surface area (Å²) in [5, 5.41) is 1.75. The smallest absolute Gasteiger partial charge is 0.0856 e. The fourth-order valence-electron chi connectivity index (χ4n) is 1.81. The standard InChI is InChI=1S/C15H10ClNS/c16-13-9-10-17-15-12(13)7-4-8-14(15)18-11-5-2-1-3-6-11/h1-10H. The van der Waals surface area contributed by atoms with Gasteiger partial charge >= 0.3 is 0 Å². The van der Waals surface area contributed by atoms with Crippen molar-refractivity contribution in [3.8, 4) is 0 Å². The molecule has 18 heavy (non-hydrogen) atoms. The number of aromatic nitrogens is 1. The molecular weight excluding hydrogens is 262 g/mol. The number of rotatable bonds is 2. The quantitative estimate of drug-likeness (QED) is 0.648. The van der Waals surface area contributed by atoms with E-state index in [9.17, 15) is 0 Å². The van der Waals surface area contributed by atoms with Crippen LogP contribution >= 0.6 is 23.4 Å². The zero-order valence-electron chi connectivity index (χ0n) is 9.51. The van der Waals surface area contributed by atoms with Crippen LogP contribution in [-0.4, -0.2) is 4.98 Å². The number of pyridine rings is 1. The summed E-state index contributed by atoms with van der Waals surface area (Å²) in [6, 6.07) is 18.2. The molecule has 88 valence electrons. The Morgan fingerprint density at radius 2 is 1.72 bits per heavy atom. The van der Waals surface area contributed by atoms with Gasteiger partial charge in [0, 0.05) is 21.4 Å². The lowest BCUT2D eigenvalue weighted by Crippen LogP contribution is -1.83. The van der Waals surface area contributed by atoms with Crippen molar-refractivity contribution in [2.75, 3.05) is 0 Å². The van der Waals surface area contributed by atoms with E-state index in [-0.39, 0.29) is 0 Å². The maximum absolute atomic E-state index is 6.18. The molecular formula is C15H10ClNS. The molecule has 0 aliphatic rings. The van der Waals surface area contributed by atoms with Crippen LogP contribution in [0.3, 0.4) is 0 Å². The van der Waals surface area contributed by atoms with Crippen LogP contribution in [0.2, 0.25) is 5.02 Å². The molecule has 0 saturated carbocycles. The Labute approximate surface area is 115 Å². The highest BCUT2D eigenvalue weighted by Crippen LogP contribution is 2.34. The van der Waals surface area contributed by atoms with Gasteiger partial charge in [-0.2, -0.15) is 0 Å². The molecule has 0 atom stereocenters. The lowest BCUT2D eigenvalue weighted by atomic mass is 10.2. The second-order valence-corrected chi connectivity index (χ2v) is 5.38. The van der Waals surface area contributed by atoms with Crippen molar-refractivity contribution in [2.45, 2.75) is 9.79 Å². The number of halogens is 1. The van der Waals surface area contributed by atoms with Crippen molar-refractivity contribution in [2.24, 2.45) is 0 Å². The average Bonchev–Trinajstić information content (AvgIpc) is 2.41. The first-order valence-corrected chi connectivity index (χ1v) is 6.80. The van der Waals surface area contributed by atoms with E-state index in [1.165, 1.54) is 4.90 Å². The van der Waals surface area contributed by atoms with Gasteiger partial charge in [-0.05, 0) is 24.3 Å². The van der Waals surface area contributed by atoms with Gasteiger partial charge in [0.15, 0.2) is 0 Å². The minimum absolute atomic E-state index is 0.746. The lowest BCUT2D eigenvalue weighted by Gasteiger charge is -2.06. The summed E-state index contributed by atoms with van der Waals surface area (Å²) in [5.41, 5.74) is 0.957. The number of fused-ring (bicyclic) bond motifs is 1. The van der Waals surface area contributed by atoms with E-state index in [2.05, 4.69) is 23.2 Å². The van der Waals surface area contributed by atoms with Gasteiger partial charge in [-0.1, -0.05) is 53.7 Å². The summed E-state index contributed by atoms with van der Waals surface area (Å²) in [5.74, 6) is 0. The molecule has 0 radical (unpaired) electrons. The third-order valence-electron chi connectivity index (χ3n) is 2.65. The molecule has 0 unspecified atom stereocenters. The lowest BCUT2D eigenvalue weighted by molar-refractivity contribution is 1.34. The summed E-state index contributed by atoms with van der Waals surface area (Å²) in [6.45, 7) is 0. The largest absolute Gasteiger partial charge is 0.255 e. The Kier molecular flexibility index (Phi) is 3.22. The number of nitrogens with zero attached hydrogens (tertiary/aromatic N) is 1. The molecule has 0 aliphatic carbocycles. The van der Waals surface area contributed by atoms with Crippen LogP contribution in [0, 0.1) is 0 Å². The Balaban J connectivity index is 2.10. The molecule has 3 heteroatoms. The summed E-state index contributed by atoms with van der Waals surface area (Å²) in [7, 11) is 0. The van der Waals surface area contributed by atoms with Crippen molar-refractivity contribution in [3.63, 3.8) is 0 Å². The van der Waals surface area contributed by atoms with Crippen LogP contribution < -0.4 is 0 Å². The Morgan fingerprint density at radius 3 is 2.56 bits per heavy atom. The van der Waals surface area contributed by atoms with Crippen LogP contribution in [0.5, 0.6) is 0 Å². The molecule has 2 aromatic carbocycles. The monoisotopic (exact) mass is 271 g/mol. The van der Waals surface area contributed by atoms with Gasteiger partial charge in [-0.3, -0.25) is 4.98 Å². The molecule has 0 spiro atoms. The topological polar surface area (TPSA) is 12.9 Å². The molecule has 3 aromatic rings. The zero-order valence-corrected chi connectivity index (χ0v) is 11.1. The summed E-state index contributed by atoms with van der Waals surface area (Å²) in [4.78, 5) is 6.76. The van der Waals surface area contributed by atoms with Crippen LogP contribution in [-0.2, 0) is 0 Å². The first kappa shape index (κ1) is 11.6. The minimum atomic E-state index is 0.746. The van der Waals surface area contributed by atoms with E-state index in [0.29, 0.717) is 0 Å². The van der Waals surface area contributed by atoms with Crippen molar-refractivity contribution in [1.82, 2.24) is 4.98 Å². The molecule has 0 fully saturated rings. The highest BCUT2D eigenvalue weighted by atomic mass is 35.5. The van der Waals surface area contributed by atoms with E-state index in [1.807, 2.05) is 36.4 Å². The Morgan fingerprint density at radius 1 is 0.889 bits per heavy atom. The second kappa shape index (κ2) is 5.01. The third kappa shape index (κ3) is 2.22. The second-order valence-electron chi connectivity index (χ2n) is 3.86. The van der Waals surface area contributed by atoms with Crippen molar-refractivity contribution >= 4 is 34.3 Å². The third-order valence-corrected chi connectivity index (χ3v) is 4.04. The SMILES string of the molecule is Clc1ccnc2c(Sc3ccccc3)cccc12. The number of hydrogen-bond donors (Lipinski definition) is 0. The summed E-state index contributed by atoms with van der Waals surface area (Å²) in [6.07, 6.45) is 1.75. The highest BCUT2D eigenvalue weighted by molar-refractivity contribution is 7.99. The predicted molar refractivity (Wildman–Crippen MR) is 77.3 cm³/mol. The van der Waals surface area contributed by atoms with Crippen LogP contribution in [0.4, 0.5) is 0 Å². The number of para-hydroxylation sites is 1. The molecule has 0 amide bonds. The Hall–Kier alpha value is -1.51. The van der Waals surface area contributed by atoms with Gasteiger partial charge in [0.2, 0.25) is 0 Å². The Bertz CT molecular complexity index is 682. The maximum Gasteiger partial charge on any atom is 0.0856 e. The fraction of sp³-hybridized carbons (Fsp3) is 0. The predicted octanol–water partition coefficient (Wildman–Crippen LogP) is 5.04. The first-order chi connectivity index (χ1) is 8.84. The first-order valence-electron chi connectivity index (χ1n) is 5.61. The van der Waals surface area contributed by atoms with E-state index in [4.69, 9.17) is 11.6 Å². The normalized spacial score (nSPS) is 10.7. The summed E-state index contributed by atoms with van der Waals surface area (Å²) < 4.78 is 0. The van der Waals surface area contributed by atoms with Gasteiger partial charge in [-0.15, -0.1) is 0 Å². The average molecular weight is 272 g/mol. The van der Waals surface area contributed by atoms with Gasteiger partial charge in [0.05, 0.1) is 10.5 Å². The van der Waals surface area contributed by atoms with Crippen LogP contribution in [0.15, 0.2) is 70.6 Å². The van der Waals surface area contributed by atoms with E-state index in [0.717, 1.165) is 20.8 Å². The van der Waals surface area contributed by atoms with Gasteiger partial charge < -0.3 is 0 Å². The van der Waals surface area contributed by atoms with E-state index >= 15 is 0 Å². The number of hydrogen-bond acceptors (Lipinski definition) is 2. The molecule has 0 bridgehead atoms. The molecule has 1 heterocycles. The van der Waals surface area contributed by atoms with Crippen LogP contribution in [0.1, 0.15) is 0 Å². The molecule has 0 N–H and O–H groups in total. The minimum Gasteiger partial charge on any atom is -0.255 e. The maximum atomic E-state index is 6.18. The number of benzene rings is 2. The zero-order chi connectivity index (χ0) is 12.4. The van der Waals surface area contributed by atoms with Crippen molar-refractivity contribution < 1.29 is 0 Å². The molecule has 1 aromatic heterocycles. The van der Waals surface area contributed by atoms with Crippen molar-refractivity contribution in [3.05, 3.63) is 65.8 Å².